The molecule has 2 aromatic rings. The van der Waals surface area contributed by atoms with E-state index in [0.717, 1.165) is 37.3 Å². The third kappa shape index (κ3) is 4.73. The Labute approximate surface area is 162 Å². The minimum absolute atomic E-state index is 0.0242. The van der Waals surface area contributed by atoms with Crippen molar-refractivity contribution in [2.24, 2.45) is 0 Å². The number of carbonyl (C=O) groups is 1. The molecule has 3 rings (SSSR count). The predicted molar refractivity (Wildman–Crippen MR) is 109 cm³/mol. The van der Waals surface area contributed by atoms with Gasteiger partial charge in [-0.25, -0.2) is 0 Å². The number of nitrogens with zero attached hydrogens (tertiary/aromatic N) is 3. The van der Waals surface area contributed by atoms with Crippen molar-refractivity contribution in [2.45, 2.75) is 39.4 Å². The minimum Gasteiger partial charge on any atom is -0.329 e. The van der Waals surface area contributed by atoms with Gasteiger partial charge >= 0.3 is 0 Å². The number of aromatic nitrogens is 1. The third-order valence-corrected chi connectivity index (χ3v) is 5.30. The van der Waals surface area contributed by atoms with Gasteiger partial charge in [0, 0.05) is 50.2 Å². The van der Waals surface area contributed by atoms with Crippen LogP contribution in [0.5, 0.6) is 0 Å². The molecular formula is C22H30N4O. The Kier molecular flexibility index (Phi) is 6.58. The average molecular weight is 367 g/mol. The lowest BCUT2D eigenvalue weighted by atomic mass is 10.0. The Morgan fingerprint density at radius 3 is 2.70 bits per heavy atom. The quantitative estimate of drug-likeness (QED) is 0.853. The molecule has 5 nitrogen and oxygen atoms in total. The van der Waals surface area contributed by atoms with E-state index in [9.17, 15) is 4.79 Å². The molecule has 27 heavy (non-hydrogen) atoms. The number of carbonyl (C=O) groups excluding carboxylic acids is 1. The van der Waals surface area contributed by atoms with Crippen LogP contribution in [-0.4, -0.2) is 52.9 Å². The molecule has 144 valence electrons. The van der Waals surface area contributed by atoms with Crippen LogP contribution < -0.4 is 5.32 Å². The molecule has 1 aliphatic heterocycles. The summed E-state index contributed by atoms with van der Waals surface area (Å²) in [5.41, 5.74) is 3.07. The summed E-state index contributed by atoms with van der Waals surface area (Å²) in [7, 11) is 0. The summed E-state index contributed by atoms with van der Waals surface area (Å²) < 4.78 is 0. The number of amides is 1. The number of benzene rings is 1. The fourth-order valence-electron chi connectivity index (χ4n) is 3.63. The monoisotopic (exact) mass is 366 g/mol. The summed E-state index contributed by atoms with van der Waals surface area (Å²) in [6.07, 6.45) is 3.62. The first-order valence-electron chi connectivity index (χ1n) is 9.84. The second-order valence-electron chi connectivity index (χ2n) is 7.36. The lowest BCUT2D eigenvalue weighted by Gasteiger charge is -2.36. The fraction of sp³-hybridized carbons (Fsp3) is 0.455. The molecule has 1 atom stereocenters. The topological polar surface area (TPSA) is 48.5 Å². The molecule has 0 bridgehead atoms. The lowest BCUT2D eigenvalue weighted by molar-refractivity contribution is 0.0634. The fourth-order valence-corrected chi connectivity index (χ4v) is 3.63. The molecule has 5 heteroatoms. The summed E-state index contributed by atoms with van der Waals surface area (Å²) in [6.45, 7) is 10.8. The highest BCUT2D eigenvalue weighted by molar-refractivity contribution is 5.94. The van der Waals surface area contributed by atoms with E-state index in [-0.39, 0.29) is 11.9 Å². The molecule has 1 amide bonds. The normalized spacial score (nSPS) is 17.5. The molecule has 1 aromatic heterocycles. The zero-order chi connectivity index (χ0) is 19.2. The first-order valence-corrected chi connectivity index (χ1v) is 9.84. The van der Waals surface area contributed by atoms with Gasteiger partial charge in [-0.1, -0.05) is 25.1 Å². The Balaban J connectivity index is 1.74. The van der Waals surface area contributed by atoms with Crippen molar-refractivity contribution in [1.82, 2.24) is 20.1 Å². The number of hydrogen-bond donors (Lipinski definition) is 1. The zero-order valence-electron chi connectivity index (χ0n) is 16.6. The molecule has 1 N–H and O–H groups in total. The van der Waals surface area contributed by atoms with Crippen LogP contribution in [0.4, 0.5) is 0 Å². The summed E-state index contributed by atoms with van der Waals surface area (Å²) in [5.74, 6) is 0.0908. The highest BCUT2D eigenvalue weighted by atomic mass is 16.2. The molecule has 1 aromatic carbocycles. The molecule has 1 saturated heterocycles. The van der Waals surface area contributed by atoms with Crippen molar-refractivity contribution in [3.05, 3.63) is 65.5 Å². The number of rotatable bonds is 6. The SMILES string of the molecule is CCN(Cc1ccc(C(=O)N2CCNCC2c2cccnc2)cc1)C(C)C. The number of pyridine rings is 1. The van der Waals surface area contributed by atoms with Crippen LogP contribution in [0.2, 0.25) is 0 Å². The van der Waals surface area contributed by atoms with Crippen molar-refractivity contribution in [3.8, 4) is 0 Å². The third-order valence-electron chi connectivity index (χ3n) is 5.30. The molecule has 0 spiro atoms. The van der Waals surface area contributed by atoms with Crippen LogP contribution in [0, 0.1) is 0 Å². The maximum absolute atomic E-state index is 13.1. The van der Waals surface area contributed by atoms with Gasteiger partial charge in [-0.05, 0) is 49.7 Å². The van der Waals surface area contributed by atoms with Gasteiger partial charge in [-0.15, -0.1) is 0 Å². The van der Waals surface area contributed by atoms with Crippen molar-refractivity contribution in [3.63, 3.8) is 0 Å². The number of nitrogens with one attached hydrogen (secondary N) is 1. The Hall–Kier alpha value is -2.24. The molecule has 1 aliphatic rings. The lowest BCUT2D eigenvalue weighted by Crippen LogP contribution is -2.48. The van der Waals surface area contributed by atoms with E-state index in [1.807, 2.05) is 35.4 Å². The van der Waals surface area contributed by atoms with Gasteiger partial charge in [-0.2, -0.15) is 0 Å². The van der Waals surface area contributed by atoms with E-state index in [4.69, 9.17) is 0 Å². The minimum atomic E-state index is 0.0242. The molecule has 1 fully saturated rings. The Morgan fingerprint density at radius 1 is 1.30 bits per heavy atom. The molecule has 0 aliphatic carbocycles. The number of hydrogen-bond acceptors (Lipinski definition) is 4. The molecule has 0 radical (unpaired) electrons. The summed E-state index contributed by atoms with van der Waals surface area (Å²) in [5, 5.41) is 3.39. The first-order chi connectivity index (χ1) is 13.1. The highest BCUT2D eigenvalue weighted by Crippen LogP contribution is 2.24. The largest absolute Gasteiger partial charge is 0.329 e. The van der Waals surface area contributed by atoms with Gasteiger partial charge in [0.05, 0.1) is 6.04 Å². The highest BCUT2D eigenvalue weighted by Gasteiger charge is 2.28. The van der Waals surface area contributed by atoms with Crippen molar-refractivity contribution in [1.29, 1.82) is 0 Å². The van der Waals surface area contributed by atoms with Gasteiger partial charge in [0.15, 0.2) is 0 Å². The molecular weight excluding hydrogens is 336 g/mol. The van der Waals surface area contributed by atoms with E-state index in [2.05, 4.69) is 48.1 Å². The van der Waals surface area contributed by atoms with Gasteiger partial charge in [0.25, 0.3) is 5.91 Å². The summed E-state index contributed by atoms with van der Waals surface area (Å²) >= 11 is 0. The maximum Gasteiger partial charge on any atom is 0.254 e. The van der Waals surface area contributed by atoms with Crippen LogP contribution >= 0.6 is 0 Å². The summed E-state index contributed by atoms with van der Waals surface area (Å²) in [6, 6.07) is 12.6. The van der Waals surface area contributed by atoms with E-state index in [1.165, 1.54) is 5.56 Å². The Bertz CT molecular complexity index is 730. The van der Waals surface area contributed by atoms with E-state index < -0.39 is 0 Å². The second-order valence-corrected chi connectivity index (χ2v) is 7.36. The van der Waals surface area contributed by atoms with Crippen LogP contribution in [0.3, 0.4) is 0 Å². The summed E-state index contributed by atoms with van der Waals surface area (Å²) in [4.78, 5) is 21.7. The van der Waals surface area contributed by atoms with Gasteiger partial charge in [0.2, 0.25) is 0 Å². The molecule has 1 unspecified atom stereocenters. The van der Waals surface area contributed by atoms with E-state index in [0.29, 0.717) is 12.6 Å². The van der Waals surface area contributed by atoms with Gasteiger partial charge in [-0.3, -0.25) is 14.7 Å². The van der Waals surface area contributed by atoms with Gasteiger partial charge in [0.1, 0.15) is 0 Å². The van der Waals surface area contributed by atoms with Crippen molar-refractivity contribution >= 4 is 5.91 Å². The van der Waals surface area contributed by atoms with E-state index >= 15 is 0 Å². The smallest absolute Gasteiger partial charge is 0.254 e. The van der Waals surface area contributed by atoms with Gasteiger partial charge < -0.3 is 10.2 Å². The first kappa shape index (κ1) is 19.5. The standard InChI is InChI=1S/C22H30N4O/c1-4-25(17(2)3)16-18-7-9-19(10-8-18)22(27)26-13-12-24-15-21(26)20-6-5-11-23-14-20/h5-11,14,17,21,24H,4,12-13,15-16H2,1-3H3. The number of piperazine rings is 1. The zero-order valence-corrected chi connectivity index (χ0v) is 16.6. The molecule has 2 heterocycles. The maximum atomic E-state index is 13.1. The van der Waals surface area contributed by atoms with Crippen molar-refractivity contribution < 1.29 is 4.79 Å². The molecule has 0 saturated carbocycles. The predicted octanol–water partition coefficient (Wildman–Crippen LogP) is 3.10. The van der Waals surface area contributed by atoms with Crippen LogP contribution in [0.25, 0.3) is 0 Å². The second kappa shape index (κ2) is 9.11. The van der Waals surface area contributed by atoms with Crippen LogP contribution in [0.1, 0.15) is 48.3 Å². The van der Waals surface area contributed by atoms with Crippen molar-refractivity contribution in [2.75, 3.05) is 26.2 Å². The van der Waals surface area contributed by atoms with Crippen LogP contribution in [-0.2, 0) is 6.54 Å². The Morgan fingerprint density at radius 2 is 2.07 bits per heavy atom. The van der Waals surface area contributed by atoms with E-state index in [1.54, 1.807) is 6.20 Å². The average Bonchev–Trinajstić information content (AvgIpc) is 2.72. The van der Waals surface area contributed by atoms with Crippen LogP contribution in [0.15, 0.2) is 48.8 Å².